The monoisotopic (exact) mass is 420 g/mol. The van der Waals surface area contributed by atoms with Gasteiger partial charge in [0.15, 0.2) is 0 Å². The van der Waals surface area contributed by atoms with Crippen LogP contribution in [-0.4, -0.2) is 46.6 Å². The summed E-state index contributed by atoms with van der Waals surface area (Å²) in [6, 6.07) is 0. The van der Waals surface area contributed by atoms with E-state index in [0.29, 0.717) is 31.3 Å². The first-order chi connectivity index (χ1) is 13.8. The average molecular weight is 421 g/mol. The Bertz CT molecular complexity index is 781. The fraction of sp³-hybridized carbons (Fsp3) is 0.750. The highest BCUT2D eigenvalue weighted by Crippen LogP contribution is 2.59. The summed E-state index contributed by atoms with van der Waals surface area (Å²) in [7, 11) is 0. The molecule has 0 spiro atoms. The molecular formula is C24H36O6. The Morgan fingerprint density at radius 2 is 1.67 bits per heavy atom. The Morgan fingerprint density at radius 3 is 2.23 bits per heavy atom. The van der Waals surface area contributed by atoms with Crippen molar-refractivity contribution in [3.8, 4) is 0 Å². The maximum atomic E-state index is 12.1. The number of fused-ring (bicyclic) bond motifs is 3. The molecule has 30 heavy (non-hydrogen) atoms. The number of carbonyl (C=O) groups excluding carboxylic acids is 2. The summed E-state index contributed by atoms with van der Waals surface area (Å²) in [5, 5.41) is 21.5. The summed E-state index contributed by atoms with van der Waals surface area (Å²) < 4.78 is 11.8. The third kappa shape index (κ3) is 3.73. The van der Waals surface area contributed by atoms with Crippen LogP contribution in [0.15, 0.2) is 23.3 Å². The Kier molecular flexibility index (Phi) is 5.98. The van der Waals surface area contributed by atoms with E-state index in [9.17, 15) is 19.8 Å². The van der Waals surface area contributed by atoms with Crippen molar-refractivity contribution < 1.29 is 29.3 Å². The van der Waals surface area contributed by atoms with Crippen LogP contribution >= 0.6 is 0 Å². The zero-order chi connectivity index (χ0) is 22.6. The number of aliphatic hydroxyl groups is 2. The standard InChI is InChI=1S/C24H36O6/c1-12-17(27)8-9-24(7)11-19(29-14(3)25)20-13(2)18(28)10-16(23(20,5)6)22(21(12)24)30-15(4)26/h16-19,21-22,27-28H,1,8-11H2,2-7H3/t16-,17-,18-,19-,21-,22+,24-/m0/s1. The Balaban J connectivity index is 2.25. The van der Waals surface area contributed by atoms with Gasteiger partial charge in [-0.25, -0.2) is 0 Å². The second-order valence-electron chi connectivity index (χ2n) is 10.3. The zero-order valence-corrected chi connectivity index (χ0v) is 19.0. The van der Waals surface area contributed by atoms with E-state index in [-0.39, 0.29) is 29.2 Å². The predicted molar refractivity (Wildman–Crippen MR) is 112 cm³/mol. The number of hydrogen-bond donors (Lipinski definition) is 2. The van der Waals surface area contributed by atoms with Crippen LogP contribution in [0.5, 0.6) is 0 Å². The average Bonchev–Trinajstić information content (AvgIpc) is 2.59. The molecule has 3 aliphatic carbocycles. The highest BCUT2D eigenvalue weighted by atomic mass is 16.5. The van der Waals surface area contributed by atoms with E-state index in [2.05, 4.69) is 27.4 Å². The summed E-state index contributed by atoms with van der Waals surface area (Å²) >= 11 is 0. The molecule has 2 fully saturated rings. The van der Waals surface area contributed by atoms with Crippen molar-refractivity contribution in [3.05, 3.63) is 23.3 Å². The lowest BCUT2D eigenvalue weighted by Crippen LogP contribution is -2.58. The van der Waals surface area contributed by atoms with Gasteiger partial charge in [0.25, 0.3) is 0 Å². The fourth-order valence-corrected chi connectivity index (χ4v) is 6.51. The minimum absolute atomic E-state index is 0.208. The summed E-state index contributed by atoms with van der Waals surface area (Å²) in [6.07, 6.45) is -0.152. The topological polar surface area (TPSA) is 93.1 Å². The van der Waals surface area contributed by atoms with E-state index in [0.717, 1.165) is 11.1 Å². The molecule has 2 saturated carbocycles. The third-order valence-electron chi connectivity index (χ3n) is 7.90. The molecule has 2 bridgehead atoms. The van der Waals surface area contributed by atoms with Crippen LogP contribution in [0.2, 0.25) is 0 Å². The van der Waals surface area contributed by atoms with E-state index in [1.54, 1.807) is 0 Å². The maximum Gasteiger partial charge on any atom is 0.303 e. The van der Waals surface area contributed by atoms with Crippen LogP contribution in [0.4, 0.5) is 0 Å². The lowest BCUT2D eigenvalue weighted by atomic mass is 9.50. The van der Waals surface area contributed by atoms with Crippen molar-refractivity contribution in [2.24, 2.45) is 22.7 Å². The van der Waals surface area contributed by atoms with Crippen molar-refractivity contribution in [1.29, 1.82) is 0 Å². The second kappa shape index (κ2) is 7.79. The van der Waals surface area contributed by atoms with Gasteiger partial charge in [0.2, 0.25) is 0 Å². The highest BCUT2D eigenvalue weighted by Gasteiger charge is 2.59. The molecular weight excluding hydrogens is 384 g/mol. The molecule has 2 N–H and O–H groups in total. The van der Waals surface area contributed by atoms with Gasteiger partial charge in [0.05, 0.1) is 12.2 Å². The number of esters is 2. The highest BCUT2D eigenvalue weighted by molar-refractivity contribution is 5.67. The van der Waals surface area contributed by atoms with E-state index < -0.39 is 29.8 Å². The van der Waals surface area contributed by atoms with E-state index in [1.165, 1.54) is 13.8 Å². The molecule has 0 radical (unpaired) electrons. The van der Waals surface area contributed by atoms with Gasteiger partial charge in [0.1, 0.15) is 12.2 Å². The smallest absolute Gasteiger partial charge is 0.303 e. The molecule has 7 atom stereocenters. The van der Waals surface area contributed by atoms with Gasteiger partial charge in [-0.05, 0) is 60.2 Å². The Labute approximate surface area is 179 Å². The van der Waals surface area contributed by atoms with Crippen LogP contribution in [0.1, 0.15) is 67.2 Å². The number of hydrogen-bond acceptors (Lipinski definition) is 6. The lowest BCUT2D eigenvalue weighted by molar-refractivity contribution is -0.170. The van der Waals surface area contributed by atoms with Gasteiger partial charge in [-0.15, -0.1) is 0 Å². The summed E-state index contributed by atoms with van der Waals surface area (Å²) in [6.45, 7) is 15.2. The Hall–Kier alpha value is -1.66. The lowest BCUT2D eigenvalue weighted by Gasteiger charge is -2.58. The molecule has 0 amide bonds. The van der Waals surface area contributed by atoms with Crippen LogP contribution in [0.3, 0.4) is 0 Å². The normalized spacial score (nSPS) is 40.7. The van der Waals surface area contributed by atoms with E-state index in [1.807, 2.05) is 6.92 Å². The molecule has 0 aromatic heterocycles. The van der Waals surface area contributed by atoms with Gasteiger partial charge >= 0.3 is 11.9 Å². The van der Waals surface area contributed by atoms with Gasteiger partial charge in [-0.2, -0.15) is 0 Å². The molecule has 0 saturated heterocycles. The minimum atomic E-state index is -0.708. The van der Waals surface area contributed by atoms with Crippen molar-refractivity contribution >= 4 is 11.9 Å². The number of ether oxygens (including phenoxy) is 2. The molecule has 0 aliphatic heterocycles. The second-order valence-corrected chi connectivity index (χ2v) is 10.3. The minimum Gasteiger partial charge on any atom is -0.462 e. The maximum absolute atomic E-state index is 12.1. The van der Waals surface area contributed by atoms with Crippen molar-refractivity contribution in [3.63, 3.8) is 0 Å². The molecule has 3 rings (SSSR count). The summed E-state index contributed by atoms with van der Waals surface area (Å²) in [5.41, 5.74) is 1.57. The molecule has 0 heterocycles. The molecule has 168 valence electrons. The fourth-order valence-electron chi connectivity index (χ4n) is 6.51. The van der Waals surface area contributed by atoms with Crippen LogP contribution in [-0.2, 0) is 19.1 Å². The number of rotatable bonds is 2. The van der Waals surface area contributed by atoms with E-state index >= 15 is 0 Å². The van der Waals surface area contributed by atoms with Crippen LogP contribution in [0, 0.1) is 22.7 Å². The zero-order valence-electron chi connectivity index (χ0n) is 19.0. The first-order valence-corrected chi connectivity index (χ1v) is 10.9. The summed E-state index contributed by atoms with van der Waals surface area (Å²) in [5.74, 6) is -1.25. The van der Waals surface area contributed by atoms with Crippen LogP contribution < -0.4 is 0 Å². The summed E-state index contributed by atoms with van der Waals surface area (Å²) in [4.78, 5) is 24.2. The largest absolute Gasteiger partial charge is 0.462 e. The quantitative estimate of drug-likeness (QED) is 0.526. The van der Waals surface area contributed by atoms with Gasteiger partial charge < -0.3 is 19.7 Å². The number of carbonyl (C=O) groups is 2. The SMILES string of the molecule is C=C1[C@@H](O)CC[C@@]2(C)C[C@H](OC(C)=O)C3=C(C)[C@@H](O)C[C@@H]([C@@H](OC(C)=O)[C@H]12)C3(C)C. The van der Waals surface area contributed by atoms with Gasteiger partial charge in [-0.1, -0.05) is 27.4 Å². The molecule has 0 aromatic rings. The number of aliphatic hydroxyl groups excluding tert-OH is 2. The van der Waals surface area contributed by atoms with Gasteiger partial charge in [0, 0.05) is 25.7 Å². The van der Waals surface area contributed by atoms with Crippen molar-refractivity contribution in [2.75, 3.05) is 0 Å². The molecule has 6 nitrogen and oxygen atoms in total. The first kappa shape index (κ1) is 23.0. The van der Waals surface area contributed by atoms with Crippen molar-refractivity contribution in [2.45, 2.75) is 91.6 Å². The van der Waals surface area contributed by atoms with E-state index in [4.69, 9.17) is 9.47 Å². The molecule has 6 heteroatoms. The van der Waals surface area contributed by atoms with Gasteiger partial charge in [-0.3, -0.25) is 9.59 Å². The first-order valence-electron chi connectivity index (χ1n) is 10.9. The third-order valence-corrected chi connectivity index (χ3v) is 7.90. The Morgan fingerprint density at radius 1 is 1.07 bits per heavy atom. The molecule has 0 unspecified atom stereocenters. The molecule has 3 aliphatic rings. The molecule has 0 aromatic carbocycles. The van der Waals surface area contributed by atoms with Crippen LogP contribution in [0.25, 0.3) is 0 Å². The van der Waals surface area contributed by atoms with Crippen molar-refractivity contribution in [1.82, 2.24) is 0 Å². The predicted octanol–water partition coefficient (Wildman–Crippen LogP) is 3.31.